The van der Waals surface area contributed by atoms with E-state index in [1.54, 1.807) is 25.1 Å². The lowest BCUT2D eigenvalue weighted by Crippen LogP contribution is -2.21. The Morgan fingerprint density at radius 1 is 1.03 bits per heavy atom. The number of hydrogen-bond donors (Lipinski definition) is 1. The molecule has 7 nitrogen and oxygen atoms in total. The highest BCUT2D eigenvalue weighted by Crippen LogP contribution is 2.33. The number of nitrogens with one attached hydrogen (secondary N) is 1. The van der Waals surface area contributed by atoms with Gasteiger partial charge in [-0.1, -0.05) is 12.1 Å². The van der Waals surface area contributed by atoms with Crippen LogP contribution in [0.25, 0.3) is 11.4 Å². The Labute approximate surface area is 181 Å². The number of carbonyl (C=O) groups excluding carboxylic acids is 1. The molecule has 0 spiro atoms. The third kappa shape index (κ3) is 5.08. The van der Waals surface area contributed by atoms with Gasteiger partial charge in [-0.15, -0.1) is 0 Å². The average Bonchev–Trinajstić information content (AvgIpc) is 2.77. The smallest absolute Gasteiger partial charge is 0.416 e. The van der Waals surface area contributed by atoms with E-state index in [2.05, 4.69) is 15.3 Å². The molecule has 1 amide bonds. The predicted octanol–water partition coefficient (Wildman–Crippen LogP) is 4.26. The SMILES string of the molecule is Cc1cc(OCC(=O)Nc2ccc3c(c2)OCCO3)nc(-c2ccc(C(F)(F)F)cc2)n1. The molecule has 2 aromatic carbocycles. The number of hydrogen-bond acceptors (Lipinski definition) is 6. The molecule has 0 saturated carbocycles. The molecular weight excluding hydrogens is 427 g/mol. The molecular formula is C22H18F3N3O4. The van der Waals surface area contributed by atoms with Crippen molar-refractivity contribution in [2.24, 2.45) is 0 Å². The van der Waals surface area contributed by atoms with E-state index in [0.29, 0.717) is 41.7 Å². The van der Waals surface area contributed by atoms with Crippen molar-refractivity contribution in [3.8, 4) is 28.8 Å². The van der Waals surface area contributed by atoms with Gasteiger partial charge in [0.2, 0.25) is 5.88 Å². The molecule has 3 aromatic rings. The van der Waals surface area contributed by atoms with Crippen LogP contribution in [-0.2, 0) is 11.0 Å². The van der Waals surface area contributed by atoms with E-state index in [9.17, 15) is 18.0 Å². The molecule has 0 bridgehead atoms. The Bertz CT molecular complexity index is 1130. The molecule has 0 atom stereocenters. The van der Waals surface area contributed by atoms with Crippen molar-refractivity contribution in [2.45, 2.75) is 13.1 Å². The summed E-state index contributed by atoms with van der Waals surface area (Å²) in [5.74, 6) is 1.06. The maximum Gasteiger partial charge on any atom is 0.416 e. The van der Waals surface area contributed by atoms with Crippen molar-refractivity contribution >= 4 is 11.6 Å². The maximum atomic E-state index is 12.8. The fourth-order valence-corrected chi connectivity index (χ4v) is 3.01. The third-order valence-electron chi connectivity index (χ3n) is 4.48. The monoisotopic (exact) mass is 445 g/mol. The minimum Gasteiger partial charge on any atom is -0.486 e. The number of amides is 1. The van der Waals surface area contributed by atoms with Gasteiger partial charge in [0.15, 0.2) is 23.9 Å². The summed E-state index contributed by atoms with van der Waals surface area (Å²) in [6.45, 7) is 2.27. The zero-order valence-corrected chi connectivity index (χ0v) is 16.9. The lowest BCUT2D eigenvalue weighted by Gasteiger charge is -2.19. The van der Waals surface area contributed by atoms with E-state index in [4.69, 9.17) is 14.2 Å². The van der Waals surface area contributed by atoms with Crippen molar-refractivity contribution < 1.29 is 32.2 Å². The number of benzene rings is 2. The summed E-state index contributed by atoms with van der Waals surface area (Å²) in [5, 5.41) is 2.69. The van der Waals surface area contributed by atoms with Gasteiger partial charge in [-0.25, -0.2) is 4.98 Å². The zero-order valence-electron chi connectivity index (χ0n) is 16.9. The van der Waals surface area contributed by atoms with Gasteiger partial charge in [0, 0.05) is 29.1 Å². The molecule has 32 heavy (non-hydrogen) atoms. The van der Waals surface area contributed by atoms with Crippen LogP contribution in [0, 0.1) is 6.92 Å². The molecule has 0 unspecified atom stereocenters. The second-order valence-corrected chi connectivity index (χ2v) is 6.94. The second kappa shape index (κ2) is 8.74. The molecule has 2 heterocycles. The van der Waals surface area contributed by atoms with Gasteiger partial charge in [0.25, 0.3) is 5.91 Å². The van der Waals surface area contributed by atoms with Gasteiger partial charge in [-0.05, 0) is 31.2 Å². The molecule has 1 N–H and O–H groups in total. The van der Waals surface area contributed by atoms with Crippen LogP contribution in [0.4, 0.5) is 18.9 Å². The van der Waals surface area contributed by atoms with E-state index in [0.717, 1.165) is 12.1 Å². The number of anilines is 1. The van der Waals surface area contributed by atoms with Crippen LogP contribution < -0.4 is 19.5 Å². The summed E-state index contributed by atoms with van der Waals surface area (Å²) in [6.07, 6.45) is -4.43. The van der Waals surface area contributed by atoms with Crippen molar-refractivity contribution in [2.75, 3.05) is 25.1 Å². The summed E-state index contributed by atoms with van der Waals surface area (Å²) in [4.78, 5) is 20.7. The molecule has 10 heteroatoms. The predicted molar refractivity (Wildman–Crippen MR) is 109 cm³/mol. The summed E-state index contributed by atoms with van der Waals surface area (Å²) < 4.78 is 54.7. The van der Waals surface area contributed by atoms with Crippen molar-refractivity contribution in [3.63, 3.8) is 0 Å². The van der Waals surface area contributed by atoms with Crippen LogP contribution in [-0.4, -0.2) is 35.7 Å². The Morgan fingerprint density at radius 3 is 2.47 bits per heavy atom. The number of carbonyl (C=O) groups is 1. The molecule has 1 aliphatic rings. The van der Waals surface area contributed by atoms with Gasteiger partial charge in [-0.3, -0.25) is 4.79 Å². The van der Waals surface area contributed by atoms with Crippen molar-refractivity contribution in [1.82, 2.24) is 9.97 Å². The molecule has 0 radical (unpaired) electrons. The first-order chi connectivity index (χ1) is 15.3. The topological polar surface area (TPSA) is 82.6 Å². The van der Waals surface area contributed by atoms with Crippen molar-refractivity contribution in [3.05, 3.63) is 59.8 Å². The minimum absolute atomic E-state index is 0.129. The molecule has 166 valence electrons. The second-order valence-electron chi connectivity index (χ2n) is 6.94. The summed E-state index contributed by atoms with van der Waals surface area (Å²) >= 11 is 0. The number of nitrogens with zero attached hydrogens (tertiary/aromatic N) is 2. The number of alkyl halides is 3. The molecule has 0 aliphatic carbocycles. The summed E-state index contributed by atoms with van der Waals surface area (Å²) in [5.41, 5.74) is 0.692. The van der Waals surface area contributed by atoms with Gasteiger partial charge < -0.3 is 19.5 Å². The van der Waals surface area contributed by atoms with Crippen LogP contribution in [0.3, 0.4) is 0 Å². The quantitative estimate of drug-likeness (QED) is 0.632. The van der Waals surface area contributed by atoms with E-state index in [1.165, 1.54) is 18.2 Å². The molecule has 1 aromatic heterocycles. The number of halogens is 3. The number of rotatable bonds is 5. The highest BCUT2D eigenvalue weighted by molar-refractivity contribution is 5.92. The number of aryl methyl sites for hydroxylation is 1. The van der Waals surface area contributed by atoms with Crippen LogP contribution >= 0.6 is 0 Å². The minimum atomic E-state index is -4.43. The number of aromatic nitrogens is 2. The van der Waals surface area contributed by atoms with E-state index in [1.807, 2.05) is 0 Å². The van der Waals surface area contributed by atoms with Crippen LogP contribution in [0.2, 0.25) is 0 Å². The van der Waals surface area contributed by atoms with Crippen LogP contribution in [0.1, 0.15) is 11.3 Å². The Kier molecular flexibility index (Phi) is 5.85. The zero-order chi connectivity index (χ0) is 22.7. The van der Waals surface area contributed by atoms with Gasteiger partial charge in [-0.2, -0.15) is 18.2 Å². The normalized spacial score (nSPS) is 12.9. The molecule has 1 aliphatic heterocycles. The lowest BCUT2D eigenvalue weighted by molar-refractivity contribution is -0.137. The van der Waals surface area contributed by atoms with Crippen LogP contribution in [0.5, 0.6) is 17.4 Å². The van der Waals surface area contributed by atoms with E-state index in [-0.39, 0.29) is 18.3 Å². The summed E-state index contributed by atoms with van der Waals surface area (Å²) in [6, 6.07) is 11.1. The van der Waals surface area contributed by atoms with Gasteiger partial charge >= 0.3 is 6.18 Å². The summed E-state index contributed by atoms with van der Waals surface area (Å²) in [7, 11) is 0. The molecule has 0 fully saturated rings. The molecule has 0 saturated heterocycles. The Balaban J connectivity index is 1.41. The molecule has 4 rings (SSSR count). The van der Waals surface area contributed by atoms with Gasteiger partial charge in [0.05, 0.1) is 5.56 Å². The first-order valence-corrected chi connectivity index (χ1v) is 9.63. The fraction of sp³-hybridized carbons (Fsp3) is 0.227. The first-order valence-electron chi connectivity index (χ1n) is 9.63. The lowest BCUT2D eigenvalue weighted by atomic mass is 10.1. The number of fused-ring (bicyclic) bond motifs is 1. The standard InChI is InChI=1S/C22H18F3N3O4/c1-13-10-20(28-21(26-13)14-2-4-15(5-3-14)22(23,24)25)32-12-19(29)27-16-6-7-17-18(11-16)31-9-8-30-17/h2-7,10-11H,8-9,12H2,1H3,(H,27,29). The fourth-order valence-electron chi connectivity index (χ4n) is 3.01. The van der Waals surface area contributed by atoms with Crippen LogP contribution in [0.15, 0.2) is 48.5 Å². The number of ether oxygens (including phenoxy) is 3. The van der Waals surface area contributed by atoms with E-state index < -0.39 is 17.6 Å². The highest BCUT2D eigenvalue weighted by Gasteiger charge is 2.30. The third-order valence-corrected chi connectivity index (χ3v) is 4.48. The largest absolute Gasteiger partial charge is 0.486 e. The first kappa shape index (κ1) is 21.4. The highest BCUT2D eigenvalue weighted by atomic mass is 19.4. The Morgan fingerprint density at radius 2 is 1.75 bits per heavy atom. The average molecular weight is 445 g/mol. The van der Waals surface area contributed by atoms with Gasteiger partial charge in [0.1, 0.15) is 13.2 Å². The van der Waals surface area contributed by atoms with E-state index >= 15 is 0 Å². The maximum absolute atomic E-state index is 12.8. The van der Waals surface area contributed by atoms with Crippen molar-refractivity contribution in [1.29, 1.82) is 0 Å². The Hall–Kier alpha value is -3.82.